The Kier molecular flexibility index (Phi) is 3.42. The summed E-state index contributed by atoms with van der Waals surface area (Å²) >= 11 is 0. The van der Waals surface area contributed by atoms with Crippen LogP contribution in [0.15, 0.2) is 18.2 Å². The van der Waals surface area contributed by atoms with Gasteiger partial charge in [0.1, 0.15) is 0 Å². The van der Waals surface area contributed by atoms with Crippen LogP contribution in [0, 0.1) is 0 Å². The molecule has 0 saturated heterocycles. The fourth-order valence-corrected chi connectivity index (χ4v) is 1.81. The Balaban J connectivity index is 3.35. The van der Waals surface area contributed by atoms with Crippen LogP contribution in [0.4, 0.5) is 13.2 Å². The largest absolute Gasteiger partial charge is 0.416 e. The highest BCUT2D eigenvalue weighted by Gasteiger charge is 2.33. The Hall–Kier alpha value is -0.990. The van der Waals surface area contributed by atoms with E-state index < -0.39 is 11.7 Å². The third-order valence-electron chi connectivity index (χ3n) is 2.49. The van der Waals surface area contributed by atoms with Gasteiger partial charge in [0.05, 0.1) is 5.56 Å². The summed E-state index contributed by atoms with van der Waals surface area (Å²) < 4.78 is 38.0. The lowest BCUT2D eigenvalue weighted by Gasteiger charge is -2.17. The molecule has 1 aromatic rings. The fourth-order valence-electron chi connectivity index (χ4n) is 1.81. The minimum atomic E-state index is -4.24. The van der Waals surface area contributed by atoms with E-state index in [9.17, 15) is 13.2 Å². The molecule has 0 saturated carbocycles. The van der Waals surface area contributed by atoms with Gasteiger partial charge in [-0.3, -0.25) is 0 Å². The van der Waals surface area contributed by atoms with E-state index in [4.69, 9.17) is 0 Å². The van der Waals surface area contributed by atoms with Crippen molar-refractivity contribution in [3.05, 3.63) is 34.9 Å². The van der Waals surface area contributed by atoms with Gasteiger partial charge in [-0.15, -0.1) is 0 Å². The molecule has 0 atom stereocenters. The van der Waals surface area contributed by atoms with Gasteiger partial charge in [0.2, 0.25) is 0 Å². The highest BCUT2D eigenvalue weighted by molar-refractivity contribution is 5.38. The molecule has 0 N–H and O–H groups in total. The van der Waals surface area contributed by atoms with Crippen molar-refractivity contribution in [1.29, 1.82) is 0 Å². The third-order valence-corrected chi connectivity index (χ3v) is 2.49. The van der Waals surface area contributed by atoms with Crippen molar-refractivity contribution in [3.63, 3.8) is 0 Å². The summed E-state index contributed by atoms with van der Waals surface area (Å²) in [6.45, 7) is 5.58. The molecule has 15 heavy (non-hydrogen) atoms. The molecule has 0 aromatic heterocycles. The van der Waals surface area contributed by atoms with Crippen LogP contribution in [-0.4, -0.2) is 0 Å². The molecule has 0 unspecified atom stereocenters. The second-order valence-corrected chi connectivity index (χ2v) is 3.88. The summed E-state index contributed by atoms with van der Waals surface area (Å²) in [4.78, 5) is 0. The molecule has 0 heterocycles. The van der Waals surface area contributed by atoms with Gasteiger partial charge >= 0.3 is 6.18 Å². The SMILES string of the molecule is CCc1c(C(C)C)cccc1C(F)(F)F. The summed E-state index contributed by atoms with van der Waals surface area (Å²) in [6, 6.07) is 4.42. The molecule has 0 amide bonds. The van der Waals surface area contributed by atoms with E-state index in [1.54, 1.807) is 13.0 Å². The number of halogens is 3. The van der Waals surface area contributed by atoms with Crippen molar-refractivity contribution in [3.8, 4) is 0 Å². The molecule has 0 radical (unpaired) electrons. The standard InChI is InChI=1S/C12H15F3/c1-4-9-10(8(2)3)6-5-7-11(9)12(13,14)15/h5-8H,4H2,1-3H3. The highest BCUT2D eigenvalue weighted by Crippen LogP contribution is 2.35. The van der Waals surface area contributed by atoms with Crippen molar-refractivity contribution in [2.45, 2.75) is 39.3 Å². The van der Waals surface area contributed by atoms with Gasteiger partial charge in [-0.1, -0.05) is 32.9 Å². The van der Waals surface area contributed by atoms with Crippen LogP contribution >= 0.6 is 0 Å². The van der Waals surface area contributed by atoms with Crippen LogP contribution in [0.25, 0.3) is 0 Å². The first-order valence-corrected chi connectivity index (χ1v) is 5.06. The molecule has 84 valence electrons. The van der Waals surface area contributed by atoms with Gasteiger partial charge in [-0.05, 0) is 29.5 Å². The summed E-state index contributed by atoms with van der Waals surface area (Å²) in [7, 11) is 0. The van der Waals surface area contributed by atoms with Crippen LogP contribution in [0.3, 0.4) is 0 Å². The van der Waals surface area contributed by atoms with Gasteiger partial charge in [0.15, 0.2) is 0 Å². The minimum Gasteiger partial charge on any atom is -0.166 e. The number of alkyl halides is 3. The first kappa shape index (κ1) is 12.1. The lowest BCUT2D eigenvalue weighted by Crippen LogP contribution is -2.11. The summed E-state index contributed by atoms with van der Waals surface area (Å²) in [5, 5.41) is 0. The molecular weight excluding hydrogens is 201 g/mol. The molecule has 0 aliphatic carbocycles. The maximum atomic E-state index is 12.7. The van der Waals surface area contributed by atoms with E-state index in [1.807, 2.05) is 13.8 Å². The van der Waals surface area contributed by atoms with Crippen LogP contribution in [-0.2, 0) is 12.6 Å². The maximum absolute atomic E-state index is 12.7. The van der Waals surface area contributed by atoms with Crippen molar-refractivity contribution in [1.82, 2.24) is 0 Å². The van der Waals surface area contributed by atoms with Crippen molar-refractivity contribution >= 4 is 0 Å². The number of benzene rings is 1. The van der Waals surface area contributed by atoms with Gasteiger partial charge in [-0.2, -0.15) is 13.2 Å². The molecule has 0 aliphatic heterocycles. The molecular formula is C12H15F3. The highest BCUT2D eigenvalue weighted by atomic mass is 19.4. The van der Waals surface area contributed by atoms with E-state index in [0.717, 1.165) is 11.6 Å². The summed E-state index contributed by atoms with van der Waals surface area (Å²) in [6.07, 6.45) is -3.82. The predicted molar refractivity (Wildman–Crippen MR) is 54.9 cm³/mol. The van der Waals surface area contributed by atoms with Crippen LogP contribution in [0.5, 0.6) is 0 Å². The molecule has 0 spiro atoms. The lowest BCUT2D eigenvalue weighted by molar-refractivity contribution is -0.138. The number of hydrogen-bond acceptors (Lipinski definition) is 0. The lowest BCUT2D eigenvalue weighted by atomic mass is 9.91. The minimum absolute atomic E-state index is 0.127. The zero-order chi connectivity index (χ0) is 11.6. The molecule has 0 aliphatic rings. The first-order chi connectivity index (χ1) is 6.88. The Morgan fingerprint density at radius 3 is 2.20 bits per heavy atom. The molecule has 0 bridgehead atoms. The Morgan fingerprint density at radius 1 is 1.20 bits per heavy atom. The molecule has 3 heteroatoms. The van der Waals surface area contributed by atoms with Gasteiger partial charge < -0.3 is 0 Å². The second kappa shape index (κ2) is 4.25. The summed E-state index contributed by atoms with van der Waals surface area (Å²) in [5.41, 5.74) is 0.739. The molecule has 1 rings (SSSR count). The Labute approximate surface area is 88.1 Å². The molecule has 0 fully saturated rings. The molecule has 1 aromatic carbocycles. The topological polar surface area (TPSA) is 0 Å². The number of hydrogen-bond donors (Lipinski definition) is 0. The monoisotopic (exact) mass is 216 g/mol. The smallest absolute Gasteiger partial charge is 0.166 e. The maximum Gasteiger partial charge on any atom is 0.416 e. The van der Waals surface area contributed by atoms with E-state index >= 15 is 0 Å². The van der Waals surface area contributed by atoms with Gasteiger partial charge in [-0.25, -0.2) is 0 Å². The Bertz CT molecular complexity index is 337. The average molecular weight is 216 g/mol. The van der Waals surface area contributed by atoms with Crippen molar-refractivity contribution < 1.29 is 13.2 Å². The number of rotatable bonds is 2. The van der Waals surface area contributed by atoms with Crippen molar-refractivity contribution in [2.75, 3.05) is 0 Å². The third kappa shape index (κ3) is 2.52. The zero-order valence-electron chi connectivity index (χ0n) is 9.15. The van der Waals surface area contributed by atoms with E-state index in [0.29, 0.717) is 12.0 Å². The van der Waals surface area contributed by atoms with Crippen LogP contribution < -0.4 is 0 Å². The fraction of sp³-hybridized carbons (Fsp3) is 0.500. The predicted octanol–water partition coefficient (Wildman–Crippen LogP) is 4.39. The average Bonchev–Trinajstić information content (AvgIpc) is 2.15. The van der Waals surface area contributed by atoms with Gasteiger partial charge in [0, 0.05) is 0 Å². The van der Waals surface area contributed by atoms with Crippen LogP contribution in [0.1, 0.15) is 43.4 Å². The van der Waals surface area contributed by atoms with Gasteiger partial charge in [0.25, 0.3) is 0 Å². The van der Waals surface area contributed by atoms with Crippen LogP contribution in [0.2, 0.25) is 0 Å². The zero-order valence-corrected chi connectivity index (χ0v) is 9.15. The van der Waals surface area contributed by atoms with Crippen molar-refractivity contribution in [2.24, 2.45) is 0 Å². The second-order valence-electron chi connectivity index (χ2n) is 3.88. The molecule has 0 nitrogen and oxygen atoms in total. The first-order valence-electron chi connectivity index (χ1n) is 5.06. The normalized spacial score (nSPS) is 12.2. The van der Waals surface area contributed by atoms with E-state index in [1.165, 1.54) is 6.07 Å². The summed E-state index contributed by atoms with van der Waals surface area (Å²) in [5.74, 6) is 0.127. The Morgan fingerprint density at radius 2 is 1.80 bits per heavy atom. The van der Waals surface area contributed by atoms with E-state index in [-0.39, 0.29) is 5.92 Å². The quantitative estimate of drug-likeness (QED) is 0.687. The van der Waals surface area contributed by atoms with E-state index in [2.05, 4.69) is 0 Å².